The number of ether oxygens (including phenoxy) is 2. The fourth-order valence-corrected chi connectivity index (χ4v) is 1.05. The fraction of sp³-hybridized carbons (Fsp3) is 0.667. The van der Waals surface area contributed by atoms with Gasteiger partial charge in [0.1, 0.15) is 0 Å². The second-order valence-electron chi connectivity index (χ2n) is 3.22. The number of carbonyl (C=O) groups excluding carboxylic acids is 1. The first kappa shape index (κ1) is 12.0. The van der Waals surface area contributed by atoms with E-state index < -0.39 is 18.4 Å². The molecule has 0 unspecified atom stereocenters. The molecule has 1 aliphatic rings. The molecule has 0 spiro atoms. The maximum Gasteiger partial charge on any atom is 0.373 e. The summed E-state index contributed by atoms with van der Waals surface area (Å²) in [6.45, 7) is 0.188. The van der Waals surface area contributed by atoms with Crippen LogP contribution in [-0.2, 0) is 14.3 Å². The first-order valence-corrected chi connectivity index (χ1v) is 4.66. The van der Waals surface area contributed by atoms with E-state index in [0.29, 0.717) is 6.61 Å². The lowest BCUT2D eigenvalue weighted by molar-refractivity contribution is -0.317. The number of hydrogen-bond donors (Lipinski definition) is 3. The molecule has 0 radical (unpaired) electrons. The van der Waals surface area contributed by atoms with Gasteiger partial charge in [0.15, 0.2) is 0 Å². The average molecular weight is 218 g/mol. The van der Waals surface area contributed by atoms with Crippen LogP contribution in [-0.4, -0.2) is 40.5 Å². The van der Waals surface area contributed by atoms with Gasteiger partial charge in [-0.1, -0.05) is 0 Å². The molecule has 0 aromatic rings. The van der Waals surface area contributed by atoms with Crippen LogP contribution in [0.2, 0.25) is 0 Å². The van der Waals surface area contributed by atoms with Crippen molar-refractivity contribution in [3.63, 3.8) is 0 Å². The Hall–Kier alpha value is -1.11. The zero-order valence-electron chi connectivity index (χ0n) is 8.18. The lowest BCUT2D eigenvalue weighted by Crippen LogP contribution is -2.29. The maximum absolute atomic E-state index is 11.2. The number of esters is 1. The van der Waals surface area contributed by atoms with Crippen LogP contribution in [0.15, 0.2) is 11.8 Å². The van der Waals surface area contributed by atoms with Gasteiger partial charge in [-0.05, 0) is 18.9 Å². The fourth-order valence-electron chi connectivity index (χ4n) is 1.05. The Balaban J connectivity index is 2.27. The van der Waals surface area contributed by atoms with Gasteiger partial charge >= 0.3 is 5.97 Å². The van der Waals surface area contributed by atoms with Crippen molar-refractivity contribution in [2.45, 2.75) is 25.2 Å². The Labute approximate surface area is 86.7 Å². The van der Waals surface area contributed by atoms with Crippen molar-refractivity contribution in [1.29, 1.82) is 0 Å². The molecule has 0 saturated heterocycles. The summed E-state index contributed by atoms with van der Waals surface area (Å²) in [5, 5.41) is 25.5. The summed E-state index contributed by atoms with van der Waals surface area (Å²) >= 11 is 0. The van der Waals surface area contributed by atoms with Crippen LogP contribution in [0, 0.1) is 0 Å². The summed E-state index contributed by atoms with van der Waals surface area (Å²) in [4.78, 5) is 11.2. The van der Waals surface area contributed by atoms with Gasteiger partial charge in [-0.2, -0.15) is 0 Å². The third-order valence-corrected chi connectivity index (χ3v) is 1.81. The van der Waals surface area contributed by atoms with Crippen LogP contribution >= 0.6 is 0 Å². The quantitative estimate of drug-likeness (QED) is 0.424. The van der Waals surface area contributed by atoms with Gasteiger partial charge in [0.05, 0.1) is 19.6 Å². The average Bonchev–Trinajstić information content (AvgIpc) is 2.17. The van der Waals surface area contributed by atoms with Gasteiger partial charge in [-0.25, -0.2) is 4.79 Å². The van der Waals surface area contributed by atoms with Crippen LogP contribution in [0.3, 0.4) is 0 Å². The number of carbonyl (C=O) groups is 1. The van der Waals surface area contributed by atoms with E-state index in [1.54, 1.807) is 6.08 Å². The van der Waals surface area contributed by atoms with E-state index in [2.05, 4.69) is 4.74 Å². The Bertz CT molecular complexity index is 252. The van der Waals surface area contributed by atoms with Crippen molar-refractivity contribution in [3.8, 4) is 0 Å². The molecular weight excluding hydrogens is 204 g/mol. The van der Waals surface area contributed by atoms with Gasteiger partial charge in [0.2, 0.25) is 5.76 Å². The Morgan fingerprint density at radius 2 is 2.27 bits per heavy atom. The molecule has 3 N–H and O–H groups in total. The normalized spacial score (nSPS) is 16.6. The highest BCUT2D eigenvalue weighted by atomic mass is 16.7. The van der Waals surface area contributed by atoms with E-state index in [0.717, 1.165) is 12.8 Å². The SMILES string of the molecule is O=C(OCCC(O)(O)O)C1=CCCCO1. The zero-order valence-corrected chi connectivity index (χ0v) is 8.18. The molecule has 6 heteroatoms. The second kappa shape index (κ2) is 5.11. The van der Waals surface area contributed by atoms with Crippen molar-refractivity contribution in [1.82, 2.24) is 0 Å². The summed E-state index contributed by atoms with van der Waals surface area (Å²) in [5.74, 6) is -3.32. The lowest BCUT2D eigenvalue weighted by Gasteiger charge is -2.16. The van der Waals surface area contributed by atoms with E-state index in [1.807, 2.05) is 0 Å². The molecule has 15 heavy (non-hydrogen) atoms. The Morgan fingerprint density at radius 3 is 2.80 bits per heavy atom. The standard InChI is InChI=1S/C9H14O6/c10-8(7-3-1-2-5-14-7)15-6-4-9(11,12)13/h3,11-13H,1-2,4-6H2. The van der Waals surface area contributed by atoms with Crippen LogP contribution in [0.25, 0.3) is 0 Å². The molecule has 0 fully saturated rings. The largest absolute Gasteiger partial charge is 0.487 e. The molecule has 0 aliphatic carbocycles. The highest BCUT2D eigenvalue weighted by Gasteiger charge is 2.20. The van der Waals surface area contributed by atoms with Gasteiger partial charge < -0.3 is 24.8 Å². The third kappa shape index (κ3) is 4.78. The van der Waals surface area contributed by atoms with E-state index in [1.165, 1.54) is 0 Å². The van der Waals surface area contributed by atoms with E-state index in [4.69, 9.17) is 20.1 Å². The molecule has 0 aromatic carbocycles. The topological polar surface area (TPSA) is 96.2 Å². The monoisotopic (exact) mass is 218 g/mol. The summed E-state index contributed by atoms with van der Waals surface area (Å²) < 4.78 is 9.67. The summed E-state index contributed by atoms with van der Waals surface area (Å²) in [6, 6.07) is 0. The summed E-state index contributed by atoms with van der Waals surface area (Å²) in [7, 11) is 0. The molecule has 86 valence electrons. The predicted octanol–water partition coefficient (Wildman–Crippen LogP) is -0.755. The van der Waals surface area contributed by atoms with Crippen molar-refractivity contribution >= 4 is 5.97 Å². The predicted molar refractivity (Wildman–Crippen MR) is 48.2 cm³/mol. The van der Waals surface area contributed by atoms with Crippen molar-refractivity contribution in [2.75, 3.05) is 13.2 Å². The number of aliphatic hydroxyl groups is 3. The molecule has 0 bridgehead atoms. The van der Waals surface area contributed by atoms with Gasteiger partial charge in [-0.3, -0.25) is 0 Å². The minimum absolute atomic E-state index is 0.140. The zero-order chi connectivity index (χ0) is 11.3. The highest BCUT2D eigenvalue weighted by molar-refractivity contribution is 5.86. The minimum atomic E-state index is -2.80. The van der Waals surface area contributed by atoms with Crippen molar-refractivity contribution in [2.24, 2.45) is 0 Å². The van der Waals surface area contributed by atoms with Crippen LogP contribution < -0.4 is 0 Å². The Kier molecular flexibility index (Phi) is 4.07. The first-order valence-electron chi connectivity index (χ1n) is 4.66. The van der Waals surface area contributed by atoms with E-state index in [9.17, 15) is 4.79 Å². The van der Waals surface area contributed by atoms with Gasteiger partial charge in [-0.15, -0.1) is 0 Å². The van der Waals surface area contributed by atoms with Crippen LogP contribution in [0.5, 0.6) is 0 Å². The van der Waals surface area contributed by atoms with E-state index in [-0.39, 0.29) is 12.4 Å². The second-order valence-corrected chi connectivity index (χ2v) is 3.22. The van der Waals surface area contributed by atoms with Crippen LogP contribution in [0.1, 0.15) is 19.3 Å². The van der Waals surface area contributed by atoms with Crippen molar-refractivity contribution in [3.05, 3.63) is 11.8 Å². The van der Waals surface area contributed by atoms with E-state index >= 15 is 0 Å². The maximum atomic E-state index is 11.2. The molecule has 6 nitrogen and oxygen atoms in total. The lowest BCUT2D eigenvalue weighted by atomic mass is 10.2. The number of allylic oxidation sites excluding steroid dienone is 1. The number of hydrogen-bond acceptors (Lipinski definition) is 6. The molecule has 0 amide bonds. The molecule has 0 aromatic heterocycles. The van der Waals surface area contributed by atoms with Crippen molar-refractivity contribution < 1.29 is 29.6 Å². The number of rotatable bonds is 4. The van der Waals surface area contributed by atoms with Crippen LogP contribution in [0.4, 0.5) is 0 Å². The molecule has 1 aliphatic heterocycles. The van der Waals surface area contributed by atoms with Gasteiger partial charge in [0, 0.05) is 0 Å². The Morgan fingerprint density at radius 1 is 1.53 bits per heavy atom. The molecule has 0 saturated carbocycles. The molecule has 0 atom stereocenters. The summed E-state index contributed by atoms with van der Waals surface area (Å²) in [6.07, 6.45) is 2.78. The molecular formula is C9H14O6. The highest BCUT2D eigenvalue weighted by Crippen LogP contribution is 2.11. The smallest absolute Gasteiger partial charge is 0.373 e. The first-order chi connectivity index (χ1) is 6.99. The van der Waals surface area contributed by atoms with Gasteiger partial charge in [0.25, 0.3) is 5.97 Å². The molecule has 1 rings (SSSR count). The molecule has 1 heterocycles. The summed E-state index contributed by atoms with van der Waals surface area (Å²) in [5.41, 5.74) is 0. The third-order valence-electron chi connectivity index (χ3n) is 1.81. The minimum Gasteiger partial charge on any atom is -0.487 e.